The van der Waals surface area contributed by atoms with E-state index in [1.807, 2.05) is 0 Å². The van der Waals surface area contributed by atoms with Gasteiger partial charge in [-0.25, -0.2) is 0 Å². The number of aliphatic hydroxyl groups excluding tert-OH is 8. The summed E-state index contributed by atoms with van der Waals surface area (Å²) in [5.74, 6) is 0.459. The zero-order valence-corrected chi connectivity index (χ0v) is 30.0. The van der Waals surface area contributed by atoms with Crippen LogP contribution in [0.1, 0.15) is 86.0 Å². The second-order valence-electron chi connectivity index (χ2n) is 18.8. The molecular formula is C37H60O13. The average molecular weight is 713 g/mol. The summed E-state index contributed by atoms with van der Waals surface area (Å²) in [7, 11) is 0. The van der Waals surface area contributed by atoms with E-state index in [1.165, 1.54) is 0 Å². The first-order valence-electron chi connectivity index (χ1n) is 19.1. The van der Waals surface area contributed by atoms with Crippen LogP contribution in [0, 0.1) is 50.7 Å². The molecule has 0 aromatic rings. The molecule has 3 heterocycles. The Balaban J connectivity index is 1.15. The maximum atomic E-state index is 11.2. The molecule has 5 saturated carbocycles. The van der Waals surface area contributed by atoms with Gasteiger partial charge in [-0.05, 0) is 96.2 Å². The summed E-state index contributed by atoms with van der Waals surface area (Å²) in [6.07, 6.45) is -6.59. The first-order chi connectivity index (χ1) is 23.5. The second kappa shape index (κ2) is 12.0. The van der Waals surface area contributed by atoms with Crippen LogP contribution in [0.2, 0.25) is 0 Å². The monoisotopic (exact) mass is 712 g/mol. The first-order valence-corrected chi connectivity index (χ1v) is 19.1. The van der Waals surface area contributed by atoms with E-state index in [9.17, 15) is 40.9 Å². The Kier molecular flexibility index (Phi) is 8.74. The molecule has 13 nitrogen and oxygen atoms in total. The van der Waals surface area contributed by atoms with E-state index in [0.29, 0.717) is 6.42 Å². The van der Waals surface area contributed by atoms with Gasteiger partial charge >= 0.3 is 0 Å². The van der Waals surface area contributed by atoms with Crippen molar-refractivity contribution in [3.05, 3.63) is 0 Å². The lowest BCUT2D eigenvalue weighted by Crippen LogP contribution is -2.65. The molecule has 0 aromatic carbocycles. The van der Waals surface area contributed by atoms with E-state index >= 15 is 0 Å². The summed E-state index contributed by atoms with van der Waals surface area (Å²) in [5, 5.41) is 84.4. The molecule has 13 heteroatoms. The topological polar surface area (TPSA) is 208 Å². The Morgan fingerprint density at radius 3 is 2.18 bits per heavy atom. The van der Waals surface area contributed by atoms with Gasteiger partial charge in [-0.3, -0.25) is 0 Å². The molecule has 0 amide bonds. The van der Waals surface area contributed by atoms with Crippen LogP contribution < -0.4 is 0 Å². The quantitative estimate of drug-likeness (QED) is 0.182. The summed E-state index contributed by atoms with van der Waals surface area (Å²) >= 11 is 0. The van der Waals surface area contributed by atoms with Gasteiger partial charge in [0.15, 0.2) is 18.9 Å². The number of ether oxygens (including phenoxy) is 5. The number of rotatable bonds is 5. The molecule has 0 bridgehead atoms. The van der Waals surface area contributed by atoms with Crippen LogP contribution in [0.5, 0.6) is 0 Å². The number of hydrogen-bond donors (Lipinski definition) is 8. The van der Waals surface area contributed by atoms with Gasteiger partial charge in [0.1, 0.15) is 42.7 Å². The lowest BCUT2D eigenvalue weighted by molar-refractivity contribution is -0.335. The molecule has 0 unspecified atom stereocenters. The zero-order valence-electron chi connectivity index (χ0n) is 30.0. The molecule has 3 aliphatic heterocycles. The van der Waals surface area contributed by atoms with Crippen molar-refractivity contribution >= 4 is 0 Å². The van der Waals surface area contributed by atoms with Crippen LogP contribution in [0.4, 0.5) is 0 Å². The standard InChI is InChI=1S/C37H60O13/c1-16-10-17-20(47-30(16)45)12-35(5)29-19(48-32-28(44)26(42)25(41)21(13-38)49-32)11-22-33(2,3)23(50-31-27(43)24(40)18(39)14-46-31)6-7-36(22)15-37(29,36)9-8-34(17,35)4/h16-32,38-45H,6-15H2,1-5H3/t16-,17-,18-,19-,20+,21-,22-,23+,24+,25-,26+,27-,28-,29+,30-,31+,32-,34-,35-,36+,37-/m1/s1. The fraction of sp³-hybridized carbons (Fsp3) is 1.00. The molecule has 8 fully saturated rings. The van der Waals surface area contributed by atoms with Crippen LogP contribution >= 0.6 is 0 Å². The van der Waals surface area contributed by atoms with E-state index in [-0.39, 0.29) is 64.1 Å². The van der Waals surface area contributed by atoms with Crippen molar-refractivity contribution in [3.8, 4) is 0 Å². The molecule has 8 N–H and O–H groups in total. The molecule has 8 rings (SSSR count). The van der Waals surface area contributed by atoms with E-state index < -0.39 is 79.7 Å². The van der Waals surface area contributed by atoms with Crippen LogP contribution in [0.25, 0.3) is 0 Å². The largest absolute Gasteiger partial charge is 0.394 e. The van der Waals surface area contributed by atoms with Gasteiger partial charge in [-0.1, -0.05) is 34.6 Å². The third-order valence-corrected chi connectivity index (χ3v) is 16.5. The second-order valence-corrected chi connectivity index (χ2v) is 18.8. The molecule has 286 valence electrons. The highest BCUT2D eigenvalue weighted by atomic mass is 16.7. The van der Waals surface area contributed by atoms with E-state index in [2.05, 4.69) is 34.6 Å². The molecule has 8 aliphatic rings. The van der Waals surface area contributed by atoms with Gasteiger partial charge in [0, 0.05) is 5.92 Å². The molecule has 2 spiro atoms. The lowest BCUT2D eigenvalue weighted by Gasteiger charge is -2.65. The van der Waals surface area contributed by atoms with Gasteiger partial charge in [0.25, 0.3) is 0 Å². The smallest absolute Gasteiger partial charge is 0.186 e. The summed E-state index contributed by atoms with van der Waals surface area (Å²) in [6.45, 7) is 10.5. The van der Waals surface area contributed by atoms with Crippen LogP contribution in [0.15, 0.2) is 0 Å². The minimum atomic E-state index is -1.55. The predicted molar refractivity (Wildman–Crippen MR) is 174 cm³/mol. The number of hydrogen-bond acceptors (Lipinski definition) is 13. The molecular weight excluding hydrogens is 652 g/mol. The van der Waals surface area contributed by atoms with E-state index in [0.717, 1.165) is 44.9 Å². The van der Waals surface area contributed by atoms with Crippen molar-refractivity contribution in [2.24, 2.45) is 50.7 Å². The van der Waals surface area contributed by atoms with Gasteiger partial charge < -0.3 is 64.5 Å². The minimum absolute atomic E-state index is 0.00375. The van der Waals surface area contributed by atoms with Gasteiger partial charge in [-0.15, -0.1) is 0 Å². The maximum Gasteiger partial charge on any atom is 0.186 e. The maximum absolute atomic E-state index is 11.2. The first kappa shape index (κ1) is 36.5. The molecule has 50 heavy (non-hydrogen) atoms. The molecule has 0 aromatic heterocycles. The Morgan fingerprint density at radius 2 is 1.46 bits per heavy atom. The molecule has 5 aliphatic carbocycles. The van der Waals surface area contributed by atoms with Crippen molar-refractivity contribution in [3.63, 3.8) is 0 Å². The Bertz CT molecular complexity index is 1300. The fourth-order valence-corrected chi connectivity index (χ4v) is 13.6. The number of fused-ring (bicyclic) bond motifs is 4. The van der Waals surface area contributed by atoms with Crippen LogP contribution in [-0.4, -0.2) is 134 Å². The Labute approximate surface area is 294 Å². The highest BCUT2D eigenvalue weighted by Crippen LogP contribution is 2.89. The summed E-state index contributed by atoms with van der Waals surface area (Å²) in [6, 6.07) is 0. The van der Waals surface area contributed by atoms with Crippen LogP contribution in [-0.2, 0) is 23.7 Å². The van der Waals surface area contributed by atoms with Crippen LogP contribution in [0.3, 0.4) is 0 Å². The average Bonchev–Trinajstić information content (AvgIpc) is 3.67. The van der Waals surface area contributed by atoms with Crippen molar-refractivity contribution in [2.45, 2.75) is 166 Å². The van der Waals surface area contributed by atoms with E-state index in [4.69, 9.17) is 23.7 Å². The number of aliphatic hydroxyl groups is 8. The third kappa shape index (κ3) is 4.78. The summed E-state index contributed by atoms with van der Waals surface area (Å²) in [5.41, 5.74) is -0.840. The van der Waals surface area contributed by atoms with Gasteiger partial charge in [0.2, 0.25) is 0 Å². The highest BCUT2D eigenvalue weighted by molar-refractivity contribution is 5.33. The third-order valence-electron chi connectivity index (χ3n) is 16.5. The normalized spacial score (nSPS) is 61.3. The van der Waals surface area contributed by atoms with Gasteiger partial charge in [0.05, 0.1) is 31.5 Å². The van der Waals surface area contributed by atoms with E-state index in [1.54, 1.807) is 0 Å². The van der Waals surface area contributed by atoms with Crippen molar-refractivity contribution in [2.75, 3.05) is 13.2 Å². The highest BCUT2D eigenvalue weighted by Gasteiger charge is 2.85. The molecule has 3 saturated heterocycles. The predicted octanol–water partition coefficient (Wildman–Crippen LogP) is 0.398. The summed E-state index contributed by atoms with van der Waals surface area (Å²) in [4.78, 5) is 0. The van der Waals surface area contributed by atoms with Crippen molar-refractivity contribution in [1.82, 2.24) is 0 Å². The Hall–Kier alpha value is -0.520. The SMILES string of the molecule is C[C@@H]1C[C@@H]2[C@H](C[C@]3(C)[C@@H]4[C@H](O[C@@H]5O[C@H](CO)[C@@H](O)[C@H](O)[C@H]5O)C[C@@H]5C(C)(C)[C@@H](O[C@@H]6OC[C@@H](O)[C@H](O)[C@H]6O)CC[C@]56C[C@]46CC[C@]23C)O[C@H]1O. The summed E-state index contributed by atoms with van der Waals surface area (Å²) < 4.78 is 31.4. The fourth-order valence-electron chi connectivity index (χ4n) is 13.6. The Morgan fingerprint density at radius 1 is 0.740 bits per heavy atom. The lowest BCUT2D eigenvalue weighted by atomic mass is 9.41. The molecule has 21 atom stereocenters. The zero-order chi connectivity index (χ0) is 35.9. The van der Waals surface area contributed by atoms with Gasteiger partial charge in [-0.2, -0.15) is 0 Å². The van der Waals surface area contributed by atoms with Crippen molar-refractivity contribution in [1.29, 1.82) is 0 Å². The van der Waals surface area contributed by atoms with Crippen molar-refractivity contribution < 1.29 is 64.5 Å². The minimum Gasteiger partial charge on any atom is -0.394 e. The molecule has 0 radical (unpaired) electrons.